The van der Waals surface area contributed by atoms with E-state index in [0.717, 1.165) is 38.5 Å². The highest BCUT2D eigenvalue weighted by Crippen LogP contribution is 2.19. The van der Waals surface area contributed by atoms with Crippen molar-refractivity contribution in [2.75, 3.05) is 42.9 Å². The van der Waals surface area contributed by atoms with E-state index in [0.29, 0.717) is 11.5 Å². The van der Waals surface area contributed by atoms with Crippen molar-refractivity contribution in [3.63, 3.8) is 0 Å². The molecule has 5 heteroatoms. The molecular formula is C21H28N4O. The maximum atomic E-state index is 12.7. The number of aromatic nitrogens is 1. The number of carbonyl (C=O) groups excluding carboxylic acids is 1. The van der Waals surface area contributed by atoms with Gasteiger partial charge in [0.1, 0.15) is 5.82 Å². The minimum Gasteiger partial charge on any atom is -0.370 e. The molecule has 3 rings (SSSR count). The second kappa shape index (κ2) is 8.21. The molecule has 0 spiro atoms. The van der Waals surface area contributed by atoms with E-state index in [9.17, 15) is 4.79 Å². The van der Waals surface area contributed by atoms with Crippen molar-refractivity contribution in [3.8, 4) is 0 Å². The Kier molecular flexibility index (Phi) is 5.76. The molecule has 2 aromatic rings. The number of nitrogens with zero attached hydrogens (tertiary/aromatic N) is 3. The number of pyridine rings is 1. The number of hydrogen-bond donors (Lipinski definition) is 1. The molecule has 0 aliphatic carbocycles. The topological polar surface area (TPSA) is 48.5 Å². The molecule has 1 N–H and O–H groups in total. The summed E-state index contributed by atoms with van der Waals surface area (Å²) in [6.07, 6.45) is 1.68. The van der Waals surface area contributed by atoms with E-state index in [-0.39, 0.29) is 5.91 Å². The zero-order valence-corrected chi connectivity index (χ0v) is 15.9. The molecule has 0 saturated carbocycles. The Morgan fingerprint density at radius 2 is 1.92 bits per heavy atom. The summed E-state index contributed by atoms with van der Waals surface area (Å²) in [5.41, 5.74) is 3.15. The van der Waals surface area contributed by atoms with E-state index < -0.39 is 0 Å². The van der Waals surface area contributed by atoms with Gasteiger partial charge in [0.25, 0.3) is 5.91 Å². The van der Waals surface area contributed by atoms with Crippen molar-refractivity contribution in [2.45, 2.75) is 20.8 Å². The molecule has 1 fully saturated rings. The molecule has 1 aliphatic heterocycles. The van der Waals surface area contributed by atoms with Crippen LogP contribution in [-0.4, -0.2) is 48.5 Å². The summed E-state index contributed by atoms with van der Waals surface area (Å²) < 4.78 is 0. The summed E-state index contributed by atoms with van der Waals surface area (Å²) in [6.45, 7) is 10.5. The molecule has 26 heavy (non-hydrogen) atoms. The van der Waals surface area contributed by atoms with Gasteiger partial charge in [-0.05, 0) is 42.7 Å². The quantitative estimate of drug-likeness (QED) is 0.896. The molecule has 5 nitrogen and oxygen atoms in total. The second-order valence-corrected chi connectivity index (χ2v) is 7.33. The number of benzene rings is 1. The second-order valence-electron chi connectivity index (χ2n) is 7.33. The molecule has 1 amide bonds. The highest BCUT2D eigenvalue weighted by molar-refractivity contribution is 5.94. The predicted molar refractivity (Wildman–Crippen MR) is 107 cm³/mol. The van der Waals surface area contributed by atoms with E-state index >= 15 is 0 Å². The molecule has 1 aromatic carbocycles. The van der Waals surface area contributed by atoms with Crippen LogP contribution < -0.4 is 10.2 Å². The van der Waals surface area contributed by atoms with E-state index in [4.69, 9.17) is 0 Å². The van der Waals surface area contributed by atoms with Gasteiger partial charge in [0, 0.05) is 44.6 Å². The van der Waals surface area contributed by atoms with Crippen LogP contribution in [0.2, 0.25) is 0 Å². The van der Waals surface area contributed by atoms with Crippen LogP contribution in [0.15, 0.2) is 42.6 Å². The van der Waals surface area contributed by atoms with Crippen LogP contribution in [0.25, 0.3) is 0 Å². The third-order valence-electron chi connectivity index (χ3n) is 4.64. The summed E-state index contributed by atoms with van der Waals surface area (Å²) in [7, 11) is 0. The lowest BCUT2D eigenvalue weighted by molar-refractivity contribution is 0.0746. The molecule has 0 radical (unpaired) electrons. The Morgan fingerprint density at radius 3 is 2.54 bits per heavy atom. The molecule has 2 heterocycles. The highest BCUT2D eigenvalue weighted by Gasteiger charge is 2.22. The Labute approximate surface area is 156 Å². The standard InChI is InChI=1S/C21H28N4O/c1-16(2)14-22-20-8-7-18(15-23-20)21(26)25-11-9-24(10-12-25)19-6-4-5-17(3)13-19/h4-8,13,15-16H,9-12,14H2,1-3H3,(H,22,23). The Balaban J connectivity index is 1.56. The van der Waals surface area contributed by atoms with Gasteiger partial charge in [0.2, 0.25) is 0 Å². The number of rotatable bonds is 5. The number of hydrogen-bond acceptors (Lipinski definition) is 4. The minimum atomic E-state index is 0.0665. The maximum Gasteiger partial charge on any atom is 0.255 e. The third-order valence-corrected chi connectivity index (χ3v) is 4.64. The molecule has 1 aliphatic rings. The molecular weight excluding hydrogens is 324 g/mol. The smallest absolute Gasteiger partial charge is 0.255 e. The number of aryl methyl sites for hydroxylation is 1. The fraction of sp³-hybridized carbons (Fsp3) is 0.429. The van der Waals surface area contributed by atoms with E-state index in [1.54, 1.807) is 6.20 Å². The lowest BCUT2D eigenvalue weighted by Gasteiger charge is -2.36. The van der Waals surface area contributed by atoms with Gasteiger partial charge in [-0.15, -0.1) is 0 Å². The van der Waals surface area contributed by atoms with Gasteiger partial charge < -0.3 is 15.1 Å². The molecule has 0 bridgehead atoms. The third kappa shape index (κ3) is 4.54. The first kappa shape index (κ1) is 18.2. The monoisotopic (exact) mass is 352 g/mol. The first-order chi connectivity index (χ1) is 12.5. The van der Waals surface area contributed by atoms with Crippen molar-refractivity contribution in [2.24, 2.45) is 5.92 Å². The van der Waals surface area contributed by atoms with Gasteiger partial charge in [-0.1, -0.05) is 26.0 Å². The summed E-state index contributed by atoms with van der Waals surface area (Å²) in [6, 6.07) is 12.3. The zero-order chi connectivity index (χ0) is 18.5. The van der Waals surface area contributed by atoms with Crippen LogP contribution in [0.5, 0.6) is 0 Å². The van der Waals surface area contributed by atoms with Crippen LogP contribution in [0.3, 0.4) is 0 Å². The highest BCUT2D eigenvalue weighted by atomic mass is 16.2. The van der Waals surface area contributed by atoms with Crippen LogP contribution in [0, 0.1) is 12.8 Å². The summed E-state index contributed by atoms with van der Waals surface area (Å²) in [4.78, 5) is 21.4. The number of amides is 1. The molecule has 0 atom stereocenters. The van der Waals surface area contributed by atoms with Gasteiger partial charge in [-0.2, -0.15) is 0 Å². The van der Waals surface area contributed by atoms with Gasteiger partial charge in [-0.25, -0.2) is 4.98 Å². The lowest BCUT2D eigenvalue weighted by Crippen LogP contribution is -2.48. The van der Waals surface area contributed by atoms with Crippen LogP contribution >= 0.6 is 0 Å². The maximum absolute atomic E-state index is 12.7. The summed E-state index contributed by atoms with van der Waals surface area (Å²) in [5, 5.41) is 3.28. The van der Waals surface area contributed by atoms with Crippen molar-refractivity contribution < 1.29 is 4.79 Å². The first-order valence-corrected chi connectivity index (χ1v) is 9.34. The van der Waals surface area contributed by atoms with E-state index in [1.165, 1.54) is 11.3 Å². The zero-order valence-electron chi connectivity index (χ0n) is 15.9. The lowest BCUT2D eigenvalue weighted by atomic mass is 10.1. The van der Waals surface area contributed by atoms with Gasteiger partial charge in [0.15, 0.2) is 0 Å². The predicted octanol–water partition coefficient (Wildman–Crippen LogP) is 3.42. The number of carbonyl (C=O) groups is 1. The van der Waals surface area contributed by atoms with Crippen molar-refractivity contribution in [1.29, 1.82) is 0 Å². The fourth-order valence-corrected chi connectivity index (χ4v) is 3.11. The van der Waals surface area contributed by atoms with E-state index in [2.05, 4.69) is 60.2 Å². The minimum absolute atomic E-state index is 0.0665. The fourth-order valence-electron chi connectivity index (χ4n) is 3.11. The molecule has 138 valence electrons. The van der Waals surface area contributed by atoms with Crippen molar-refractivity contribution in [1.82, 2.24) is 9.88 Å². The number of piperazine rings is 1. The number of anilines is 2. The molecule has 0 unspecified atom stereocenters. The number of nitrogens with one attached hydrogen (secondary N) is 1. The molecule has 1 saturated heterocycles. The molecule has 1 aromatic heterocycles. The summed E-state index contributed by atoms with van der Waals surface area (Å²) >= 11 is 0. The van der Waals surface area contributed by atoms with E-state index in [1.807, 2.05) is 17.0 Å². The largest absolute Gasteiger partial charge is 0.370 e. The van der Waals surface area contributed by atoms with Crippen LogP contribution in [0.4, 0.5) is 11.5 Å². The average molecular weight is 352 g/mol. The van der Waals surface area contributed by atoms with Crippen LogP contribution in [0.1, 0.15) is 29.8 Å². The van der Waals surface area contributed by atoms with Gasteiger partial charge in [0.05, 0.1) is 5.56 Å². The average Bonchev–Trinajstić information content (AvgIpc) is 2.66. The Bertz CT molecular complexity index is 734. The van der Waals surface area contributed by atoms with Crippen LogP contribution in [-0.2, 0) is 0 Å². The Hall–Kier alpha value is -2.56. The van der Waals surface area contributed by atoms with Crippen molar-refractivity contribution in [3.05, 3.63) is 53.7 Å². The van der Waals surface area contributed by atoms with Gasteiger partial charge >= 0.3 is 0 Å². The van der Waals surface area contributed by atoms with Crippen molar-refractivity contribution >= 4 is 17.4 Å². The van der Waals surface area contributed by atoms with Gasteiger partial charge in [-0.3, -0.25) is 4.79 Å². The summed E-state index contributed by atoms with van der Waals surface area (Å²) in [5.74, 6) is 1.44. The SMILES string of the molecule is Cc1cccc(N2CCN(C(=O)c3ccc(NCC(C)C)nc3)CC2)c1. The normalized spacial score (nSPS) is 14.6. The Morgan fingerprint density at radius 1 is 1.15 bits per heavy atom. The first-order valence-electron chi connectivity index (χ1n) is 9.34.